The van der Waals surface area contributed by atoms with Crippen LogP contribution >= 0.6 is 22.9 Å². The third kappa shape index (κ3) is 12.8. The molecule has 7 heterocycles. The molecule has 4 bridgehead atoms. The number of fused-ring (bicyclic) bond motifs is 6. The van der Waals surface area contributed by atoms with Gasteiger partial charge in [-0.05, 0) is 103 Å². The smallest absolute Gasteiger partial charge is 0.347 e. The van der Waals surface area contributed by atoms with Crippen molar-refractivity contribution in [3.8, 4) is 50.3 Å². The zero-order valence-corrected chi connectivity index (χ0v) is 47.6. The number of thiophene rings is 1. The molecule has 422 valence electrons. The average molecular weight is 1130 g/mol. The van der Waals surface area contributed by atoms with Crippen molar-refractivity contribution in [1.29, 1.82) is 0 Å². The van der Waals surface area contributed by atoms with E-state index in [4.69, 9.17) is 69.2 Å². The summed E-state index contributed by atoms with van der Waals surface area (Å²) in [4.78, 5) is 41.9. The van der Waals surface area contributed by atoms with Crippen molar-refractivity contribution in [3.63, 3.8) is 0 Å². The van der Waals surface area contributed by atoms with Crippen LogP contribution in [0.3, 0.4) is 0 Å². The molecule has 0 amide bonds. The molecule has 0 spiro atoms. The highest BCUT2D eigenvalue weighted by Crippen LogP contribution is 2.49. The summed E-state index contributed by atoms with van der Waals surface area (Å²) in [7, 11) is 8.51. The van der Waals surface area contributed by atoms with Crippen LogP contribution in [-0.2, 0) is 59.3 Å². The van der Waals surface area contributed by atoms with Crippen molar-refractivity contribution < 1.29 is 51.8 Å². The first-order chi connectivity index (χ1) is 38.9. The summed E-state index contributed by atoms with van der Waals surface area (Å²) in [5.74, 6) is 0.923. The first-order valence-electron chi connectivity index (χ1n) is 26.8. The van der Waals surface area contributed by atoms with Gasteiger partial charge in [0.15, 0.2) is 12.1 Å². The quantitative estimate of drug-likeness (QED) is 0.0794. The van der Waals surface area contributed by atoms with E-state index in [0.717, 1.165) is 88.7 Å². The van der Waals surface area contributed by atoms with Crippen LogP contribution in [0, 0.1) is 12.7 Å². The summed E-state index contributed by atoms with van der Waals surface area (Å²) in [6.45, 7) is 11.0. The summed E-state index contributed by atoms with van der Waals surface area (Å²) in [5, 5.41) is 1.24. The van der Waals surface area contributed by atoms with Crippen molar-refractivity contribution in [1.82, 2.24) is 34.6 Å². The van der Waals surface area contributed by atoms with Gasteiger partial charge in [-0.2, -0.15) is 0 Å². The number of carbonyl (C=O) groups is 1. The lowest BCUT2D eigenvalue weighted by Crippen LogP contribution is -2.61. The average Bonchev–Trinajstić information content (AvgIpc) is 3.93. The standard InChI is InChI=1S/C60H67ClFN7O10S/c1-8-75-59(70)47-30-41-29-37(9-20-46(41)77-33-43-21-22-63-56(66-43)39-12-17-44(18-13-39)76-34-48-52(71-4)53(72-5)54(73-6)60(74-7)79-48)31-69(28-27-68-25-23-67(3)24-26-68)32-40-14-19-45(36(2)51(40)61)49-50-57(78-47)64-35-65-58(50)80-55(49)38-10-15-42(62)16-11-38/h9-22,29,35,47-48,52-54,60H,8,23-28,30-34H2,1-7H3/t47-,48-,52-,53+,54+,60+/m1/s1. The Labute approximate surface area is 474 Å². The summed E-state index contributed by atoms with van der Waals surface area (Å²) in [6, 6.07) is 26.0. The van der Waals surface area contributed by atoms with E-state index in [2.05, 4.69) is 51.0 Å². The lowest BCUT2D eigenvalue weighted by molar-refractivity contribution is -0.305. The fourth-order valence-electron chi connectivity index (χ4n) is 10.7. The Hall–Kier alpha value is -6.23. The first kappa shape index (κ1) is 57.0. The summed E-state index contributed by atoms with van der Waals surface area (Å²) in [5.41, 5.74) is 7.39. The molecule has 0 radical (unpaired) electrons. The van der Waals surface area contributed by atoms with Crippen LogP contribution in [0.2, 0.25) is 5.02 Å². The number of aromatic nitrogens is 4. The molecule has 11 rings (SSSR count). The molecule has 0 N–H and O–H groups in total. The van der Waals surface area contributed by atoms with E-state index >= 15 is 0 Å². The molecule has 7 aromatic rings. The number of hydrogen-bond acceptors (Lipinski definition) is 18. The van der Waals surface area contributed by atoms with Crippen LogP contribution in [0.15, 0.2) is 97.5 Å². The highest BCUT2D eigenvalue weighted by molar-refractivity contribution is 7.22. The van der Waals surface area contributed by atoms with Gasteiger partial charge in [-0.25, -0.2) is 29.1 Å². The highest BCUT2D eigenvalue weighted by Gasteiger charge is 2.47. The third-order valence-corrected chi connectivity index (χ3v) is 16.7. The van der Waals surface area contributed by atoms with Gasteiger partial charge in [-0.15, -0.1) is 11.3 Å². The van der Waals surface area contributed by atoms with E-state index in [-0.39, 0.29) is 37.9 Å². The molecule has 20 heteroatoms. The fraction of sp³-hybridized carbons (Fsp3) is 0.417. The Bertz CT molecular complexity index is 3240. The van der Waals surface area contributed by atoms with Gasteiger partial charge < -0.3 is 47.5 Å². The number of benzene rings is 4. The van der Waals surface area contributed by atoms with E-state index in [0.29, 0.717) is 51.3 Å². The number of rotatable bonds is 17. The van der Waals surface area contributed by atoms with E-state index in [1.807, 2.05) is 43.3 Å². The zero-order valence-electron chi connectivity index (χ0n) is 46.1. The van der Waals surface area contributed by atoms with Crippen molar-refractivity contribution >= 4 is 39.1 Å². The predicted octanol–water partition coefficient (Wildman–Crippen LogP) is 9.07. The Morgan fingerprint density at radius 2 is 1.55 bits per heavy atom. The normalized spacial score (nSPS) is 21.1. The Morgan fingerprint density at radius 1 is 0.800 bits per heavy atom. The third-order valence-electron chi connectivity index (χ3n) is 15.0. The van der Waals surface area contributed by atoms with Gasteiger partial charge in [0, 0.05) is 114 Å². The second kappa shape index (κ2) is 26.1. The number of halogens is 2. The highest BCUT2D eigenvalue weighted by atomic mass is 35.5. The van der Waals surface area contributed by atoms with Gasteiger partial charge >= 0.3 is 5.97 Å². The summed E-state index contributed by atoms with van der Waals surface area (Å²) >= 11 is 8.90. The molecule has 0 aliphatic carbocycles. The minimum absolute atomic E-state index is 0.0771. The Balaban J connectivity index is 0.957. The maximum absolute atomic E-state index is 14.4. The number of nitrogens with zero attached hydrogens (tertiary/aromatic N) is 7. The first-order valence-corrected chi connectivity index (χ1v) is 28.0. The predicted molar refractivity (Wildman–Crippen MR) is 303 cm³/mol. The second-order valence-electron chi connectivity index (χ2n) is 20.1. The van der Waals surface area contributed by atoms with E-state index in [1.165, 1.54) is 29.8 Å². The Morgan fingerprint density at radius 3 is 2.29 bits per heavy atom. The van der Waals surface area contributed by atoms with Gasteiger partial charge in [-0.3, -0.25) is 9.80 Å². The molecule has 2 fully saturated rings. The molecular weight excluding hydrogens is 1070 g/mol. The molecule has 4 aliphatic heterocycles. The molecule has 17 nitrogen and oxygen atoms in total. The number of likely N-dealkylation sites (N-methyl/N-ethyl adjacent to an activating group) is 1. The van der Waals surface area contributed by atoms with E-state index in [1.54, 1.807) is 53.7 Å². The van der Waals surface area contributed by atoms with Crippen molar-refractivity contribution in [2.24, 2.45) is 0 Å². The Kier molecular flexibility index (Phi) is 18.6. The maximum atomic E-state index is 14.4. The molecule has 80 heavy (non-hydrogen) atoms. The van der Waals surface area contributed by atoms with E-state index < -0.39 is 42.8 Å². The van der Waals surface area contributed by atoms with Crippen LogP contribution < -0.4 is 14.2 Å². The monoisotopic (exact) mass is 1130 g/mol. The molecule has 0 saturated carbocycles. The number of piperazine rings is 1. The lowest BCUT2D eigenvalue weighted by atomic mass is 9.94. The van der Waals surface area contributed by atoms with Crippen LogP contribution in [-0.4, -0.2) is 165 Å². The molecule has 6 atom stereocenters. The van der Waals surface area contributed by atoms with Gasteiger partial charge in [-0.1, -0.05) is 48.0 Å². The number of carbonyl (C=O) groups excluding carboxylic acids is 1. The molecule has 4 aromatic carbocycles. The molecule has 4 aliphatic rings. The molecule has 2 saturated heterocycles. The van der Waals surface area contributed by atoms with E-state index in [9.17, 15) is 9.18 Å². The number of esters is 1. The van der Waals surface area contributed by atoms with Crippen LogP contribution in [0.4, 0.5) is 4.39 Å². The molecule has 3 aromatic heterocycles. The number of ether oxygens (including phenoxy) is 9. The number of hydrogen-bond donors (Lipinski definition) is 0. The topological polar surface area (TPSA) is 161 Å². The largest absolute Gasteiger partial charge is 0.491 e. The second-order valence-corrected chi connectivity index (χ2v) is 21.5. The summed E-state index contributed by atoms with van der Waals surface area (Å²) in [6.07, 6.45) is -0.527. The van der Waals surface area contributed by atoms with Gasteiger partial charge in [0.1, 0.15) is 66.1 Å². The molecule has 0 unspecified atom stereocenters. The van der Waals surface area contributed by atoms with Crippen molar-refractivity contribution in [3.05, 3.63) is 136 Å². The van der Waals surface area contributed by atoms with Crippen molar-refractivity contribution in [2.45, 2.75) is 76.8 Å². The summed E-state index contributed by atoms with van der Waals surface area (Å²) < 4.78 is 68.8. The molecular formula is C60H67ClFN7O10S. The van der Waals surface area contributed by atoms with Gasteiger partial charge in [0.05, 0.1) is 17.7 Å². The minimum Gasteiger partial charge on any atom is -0.491 e. The van der Waals surface area contributed by atoms with Gasteiger partial charge in [0.2, 0.25) is 12.0 Å². The maximum Gasteiger partial charge on any atom is 0.347 e. The fourth-order valence-corrected chi connectivity index (χ4v) is 12.1. The lowest BCUT2D eigenvalue weighted by Gasteiger charge is -2.44. The van der Waals surface area contributed by atoms with Crippen LogP contribution in [0.5, 0.6) is 17.4 Å². The van der Waals surface area contributed by atoms with Gasteiger partial charge in [0.25, 0.3) is 0 Å². The van der Waals surface area contributed by atoms with Crippen LogP contribution in [0.1, 0.15) is 34.9 Å². The number of methoxy groups -OCH3 is 4. The SMILES string of the molecule is CCOC(=O)[C@H]1Cc2cc(ccc2OCc2ccnc(-c3ccc(OC[C@H]4O[C@H](OC)[C@@H](OC)[C@@H](OC)[C@@H]4OC)cc3)n2)CN(CCN2CCN(C)CC2)Cc2ccc(c(C)c2Cl)-c2c(-c3ccc(F)cc3)sc3ncnc(c23)O1. The van der Waals surface area contributed by atoms with Crippen LogP contribution in [0.25, 0.3) is 43.2 Å². The van der Waals surface area contributed by atoms with Crippen molar-refractivity contribution in [2.75, 3.05) is 88.0 Å². The zero-order chi connectivity index (χ0) is 55.9. The minimum atomic E-state index is -1.16.